The van der Waals surface area contributed by atoms with Gasteiger partial charge in [0.2, 0.25) is 0 Å². The summed E-state index contributed by atoms with van der Waals surface area (Å²) in [6, 6.07) is 7.96. The average Bonchev–Trinajstić information content (AvgIpc) is 2.79. The number of fused-ring (bicyclic) bond motifs is 1. The number of aromatic nitrogens is 3. The lowest BCUT2D eigenvalue weighted by Crippen LogP contribution is -2.03. The Bertz CT molecular complexity index is 767. The van der Waals surface area contributed by atoms with Gasteiger partial charge < -0.3 is 9.72 Å². The normalized spacial score (nSPS) is 10.9. The molecule has 4 nitrogen and oxygen atoms in total. The molecule has 0 radical (unpaired) electrons. The first-order valence-electron chi connectivity index (χ1n) is 6.33. The van der Waals surface area contributed by atoms with Gasteiger partial charge in [-0.25, -0.2) is 9.97 Å². The second kappa shape index (κ2) is 5.25. The number of hydrogen-bond donors (Lipinski definition) is 1. The Morgan fingerprint density at radius 3 is 2.80 bits per heavy atom. The Morgan fingerprint density at radius 1 is 1.20 bits per heavy atom. The van der Waals surface area contributed by atoms with Crippen LogP contribution in [0.1, 0.15) is 17.1 Å². The van der Waals surface area contributed by atoms with Crippen LogP contribution in [0.3, 0.4) is 0 Å². The van der Waals surface area contributed by atoms with Crippen molar-refractivity contribution in [2.45, 2.75) is 20.5 Å². The third kappa shape index (κ3) is 2.41. The number of nitrogens with zero attached hydrogens (tertiary/aromatic N) is 2. The predicted molar refractivity (Wildman–Crippen MR) is 81.8 cm³/mol. The van der Waals surface area contributed by atoms with Gasteiger partial charge in [0, 0.05) is 10.7 Å². The molecular weight excluding hydrogens is 318 g/mol. The number of nitrogens with one attached hydrogen (secondary N) is 1. The molecule has 0 saturated carbocycles. The second-order valence-corrected chi connectivity index (χ2v) is 5.49. The van der Waals surface area contributed by atoms with E-state index in [1.165, 1.54) is 0 Å². The van der Waals surface area contributed by atoms with Crippen molar-refractivity contribution in [2.75, 3.05) is 0 Å². The summed E-state index contributed by atoms with van der Waals surface area (Å²) in [7, 11) is 0. The van der Waals surface area contributed by atoms with Crippen LogP contribution in [0.4, 0.5) is 0 Å². The van der Waals surface area contributed by atoms with Crippen molar-refractivity contribution < 1.29 is 4.74 Å². The zero-order valence-electron chi connectivity index (χ0n) is 11.3. The Morgan fingerprint density at radius 2 is 2.00 bits per heavy atom. The second-order valence-electron chi connectivity index (χ2n) is 4.63. The summed E-state index contributed by atoms with van der Waals surface area (Å²) in [5.74, 6) is 1.61. The van der Waals surface area contributed by atoms with Gasteiger partial charge in [-0.2, -0.15) is 0 Å². The molecule has 0 fully saturated rings. The summed E-state index contributed by atoms with van der Waals surface area (Å²) in [6.45, 7) is 4.33. The van der Waals surface area contributed by atoms with Gasteiger partial charge in [0.25, 0.3) is 0 Å². The third-order valence-corrected chi connectivity index (χ3v) is 3.75. The van der Waals surface area contributed by atoms with Crippen LogP contribution in [0.25, 0.3) is 11.0 Å². The van der Waals surface area contributed by atoms with Crippen molar-refractivity contribution >= 4 is 27.0 Å². The molecule has 0 spiro atoms. The van der Waals surface area contributed by atoms with E-state index in [0.717, 1.165) is 38.3 Å². The van der Waals surface area contributed by atoms with Gasteiger partial charge in [0.05, 0.1) is 11.1 Å². The van der Waals surface area contributed by atoms with Crippen molar-refractivity contribution in [3.8, 4) is 5.75 Å². The maximum Gasteiger partial charge on any atom is 0.142 e. The molecule has 0 aliphatic rings. The van der Waals surface area contributed by atoms with Crippen molar-refractivity contribution in [3.05, 3.63) is 52.0 Å². The quantitative estimate of drug-likeness (QED) is 0.791. The van der Waals surface area contributed by atoms with E-state index >= 15 is 0 Å². The SMILES string of the molecule is Cc1nc(COc2ccccc2C)c2c(Br)c[nH]c2n1. The average molecular weight is 332 g/mol. The highest BCUT2D eigenvalue weighted by Crippen LogP contribution is 2.26. The van der Waals surface area contributed by atoms with Crippen molar-refractivity contribution in [3.63, 3.8) is 0 Å². The van der Waals surface area contributed by atoms with Gasteiger partial charge in [-0.1, -0.05) is 18.2 Å². The maximum absolute atomic E-state index is 5.89. The fraction of sp³-hybridized carbons (Fsp3) is 0.200. The van der Waals surface area contributed by atoms with Gasteiger partial charge in [0.1, 0.15) is 23.8 Å². The van der Waals surface area contributed by atoms with E-state index in [-0.39, 0.29) is 0 Å². The summed E-state index contributed by atoms with van der Waals surface area (Å²) in [6.07, 6.45) is 1.87. The molecule has 0 atom stereocenters. The Hall–Kier alpha value is -1.88. The number of aromatic amines is 1. The lowest BCUT2D eigenvalue weighted by atomic mass is 10.2. The molecule has 0 saturated heterocycles. The largest absolute Gasteiger partial charge is 0.487 e. The van der Waals surface area contributed by atoms with E-state index in [9.17, 15) is 0 Å². The number of halogens is 1. The first kappa shape index (κ1) is 13.1. The maximum atomic E-state index is 5.89. The minimum Gasteiger partial charge on any atom is -0.487 e. The van der Waals surface area contributed by atoms with Crippen LogP contribution in [0.15, 0.2) is 34.9 Å². The number of hydrogen-bond acceptors (Lipinski definition) is 3. The highest BCUT2D eigenvalue weighted by Gasteiger charge is 2.12. The van der Waals surface area contributed by atoms with Gasteiger partial charge in [-0.3, -0.25) is 0 Å². The number of rotatable bonds is 3. The molecule has 102 valence electrons. The summed E-state index contributed by atoms with van der Waals surface area (Å²) in [4.78, 5) is 12.0. The number of para-hydroxylation sites is 1. The van der Waals surface area contributed by atoms with Gasteiger partial charge in [-0.15, -0.1) is 0 Å². The lowest BCUT2D eigenvalue weighted by Gasteiger charge is -2.09. The van der Waals surface area contributed by atoms with Crippen LogP contribution in [-0.4, -0.2) is 15.0 Å². The van der Waals surface area contributed by atoms with Gasteiger partial charge >= 0.3 is 0 Å². The number of ether oxygens (including phenoxy) is 1. The van der Waals surface area contributed by atoms with E-state index < -0.39 is 0 Å². The molecular formula is C15H14BrN3O. The fourth-order valence-electron chi connectivity index (χ4n) is 2.16. The zero-order valence-corrected chi connectivity index (χ0v) is 12.9. The molecule has 0 aliphatic heterocycles. The van der Waals surface area contributed by atoms with Crippen molar-refractivity contribution in [2.24, 2.45) is 0 Å². The highest BCUT2D eigenvalue weighted by molar-refractivity contribution is 9.10. The molecule has 1 aromatic carbocycles. The Balaban J connectivity index is 1.95. The van der Waals surface area contributed by atoms with E-state index in [2.05, 4.69) is 30.9 Å². The summed E-state index contributed by atoms with van der Waals surface area (Å²) in [5, 5.41) is 0.976. The van der Waals surface area contributed by atoms with Crippen LogP contribution >= 0.6 is 15.9 Å². The first-order chi connectivity index (χ1) is 9.65. The van der Waals surface area contributed by atoms with E-state index in [0.29, 0.717) is 6.61 Å². The van der Waals surface area contributed by atoms with Crippen LogP contribution in [-0.2, 0) is 6.61 Å². The van der Waals surface area contributed by atoms with Gasteiger partial charge in [0.15, 0.2) is 0 Å². The van der Waals surface area contributed by atoms with Crippen LogP contribution in [0.2, 0.25) is 0 Å². The van der Waals surface area contributed by atoms with Crippen LogP contribution in [0, 0.1) is 13.8 Å². The van der Waals surface area contributed by atoms with Crippen LogP contribution < -0.4 is 4.74 Å². The minimum atomic E-state index is 0.418. The van der Waals surface area contributed by atoms with Crippen LogP contribution in [0.5, 0.6) is 5.75 Å². The molecule has 0 amide bonds. The van der Waals surface area contributed by atoms with E-state index in [1.54, 1.807) is 0 Å². The number of aryl methyl sites for hydroxylation is 2. The lowest BCUT2D eigenvalue weighted by molar-refractivity contribution is 0.300. The first-order valence-corrected chi connectivity index (χ1v) is 7.13. The summed E-state index contributed by atoms with van der Waals surface area (Å²) in [5.41, 5.74) is 2.82. The van der Waals surface area contributed by atoms with Crippen molar-refractivity contribution in [1.29, 1.82) is 0 Å². The molecule has 0 aliphatic carbocycles. The smallest absolute Gasteiger partial charge is 0.142 e. The molecule has 20 heavy (non-hydrogen) atoms. The predicted octanol–water partition coefficient (Wildman–Crippen LogP) is 3.92. The molecule has 2 heterocycles. The summed E-state index contributed by atoms with van der Waals surface area (Å²) >= 11 is 3.52. The van der Waals surface area contributed by atoms with Gasteiger partial charge in [-0.05, 0) is 41.4 Å². The Labute approximate surface area is 125 Å². The number of H-pyrrole nitrogens is 1. The fourth-order valence-corrected chi connectivity index (χ4v) is 2.69. The molecule has 0 bridgehead atoms. The van der Waals surface area contributed by atoms with Crippen molar-refractivity contribution in [1.82, 2.24) is 15.0 Å². The molecule has 3 aromatic rings. The topological polar surface area (TPSA) is 50.8 Å². The third-order valence-electron chi connectivity index (χ3n) is 3.13. The molecule has 1 N–H and O–H groups in total. The Kier molecular flexibility index (Phi) is 3.44. The molecule has 3 rings (SSSR count). The highest BCUT2D eigenvalue weighted by atomic mass is 79.9. The minimum absolute atomic E-state index is 0.418. The molecule has 2 aromatic heterocycles. The standard InChI is InChI=1S/C15H14BrN3O/c1-9-5-3-4-6-13(9)20-8-12-14-11(16)7-17-15(14)19-10(2)18-12/h3-7H,8H2,1-2H3,(H,17,18,19). The monoisotopic (exact) mass is 331 g/mol. The zero-order chi connectivity index (χ0) is 14.1. The van der Waals surface area contributed by atoms with E-state index in [1.807, 2.05) is 44.3 Å². The van der Waals surface area contributed by atoms with E-state index in [4.69, 9.17) is 4.74 Å². The molecule has 0 unspecified atom stereocenters. The number of benzene rings is 1. The summed E-state index contributed by atoms with van der Waals surface area (Å²) < 4.78 is 6.84. The molecule has 5 heteroatoms.